The predicted molar refractivity (Wildman–Crippen MR) is 83.0 cm³/mol. The van der Waals surface area contributed by atoms with Crippen LogP contribution >= 0.6 is 46.4 Å². The largest absolute Gasteiger partial charge is 0.352 e. The Morgan fingerprint density at radius 2 is 0.955 bits per heavy atom. The quantitative estimate of drug-likeness (QED) is 0.344. The standard InChI is InChI=1S/C12H18Cl4O6/c1-3-9(13,11(15,19)20)7(17)5-6-8(18)10(14,4-2)12(16,21)22/h19-22H,3-6H2,1-2H3. The van der Waals surface area contributed by atoms with Gasteiger partial charge in [0.05, 0.1) is 0 Å². The summed E-state index contributed by atoms with van der Waals surface area (Å²) in [5, 5.41) is 31.4. The van der Waals surface area contributed by atoms with Crippen LogP contribution < -0.4 is 0 Å². The van der Waals surface area contributed by atoms with E-state index in [1.54, 1.807) is 0 Å². The number of hydrogen-bond donors (Lipinski definition) is 4. The van der Waals surface area contributed by atoms with Crippen molar-refractivity contribution in [3.63, 3.8) is 0 Å². The molecule has 22 heavy (non-hydrogen) atoms. The number of hydrogen-bond acceptors (Lipinski definition) is 6. The highest BCUT2D eigenvalue weighted by Crippen LogP contribution is 2.39. The fraction of sp³-hybridized carbons (Fsp3) is 0.833. The van der Waals surface area contributed by atoms with Gasteiger partial charge in [-0.1, -0.05) is 37.0 Å². The Bertz CT molecular complexity index is 390. The summed E-state index contributed by atoms with van der Waals surface area (Å²) in [4.78, 5) is 19.6. The van der Waals surface area contributed by atoms with Crippen molar-refractivity contribution < 1.29 is 30.0 Å². The Morgan fingerprint density at radius 1 is 0.727 bits per heavy atom. The van der Waals surface area contributed by atoms with Gasteiger partial charge in [-0.25, -0.2) is 0 Å². The molecular formula is C12H18Cl4O6. The first-order valence-corrected chi connectivity index (χ1v) is 7.90. The molecule has 0 saturated carbocycles. The van der Waals surface area contributed by atoms with E-state index < -0.39 is 44.6 Å². The molecule has 10 heteroatoms. The van der Waals surface area contributed by atoms with Crippen molar-refractivity contribution in [3.8, 4) is 0 Å². The molecule has 0 rings (SSSR count). The first kappa shape index (κ1) is 22.3. The number of alkyl halides is 4. The Morgan fingerprint density at radius 3 is 1.09 bits per heavy atom. The molecule has 2 unspecified atom stereocenters. The zero-order valence-electron chi connectivity index (χ0n) is 11.9. The lowest BCUT2D eigenvalue weighted by atomic mass is 9.90. The molecule has 0 aromatic heterocycles. The molecule has 0 radical (unpaired) electrons. The average molecular weight is 400 g/mol. The highest BCUT2D eigenvalue weighted by atomic mass is 35.5. The van der Waals surface area contributed by atoms with Gasteiger partial charge in [0.25, 0.3) is 10.5 Å². The van der Waals surface area contributed by atoms with Crippen LogP contribution in [0.5, 0.6) is 0 Å². The van der Waals surface area contributed by atoms with Crippen LogP contribution in [0.15, 0.2) is 0 Å². The molecule has 0 fully saturated rings. The smallest absolute Gasteiger partial charge is 0.270 e. The molecule has 0 aliphatic carbocycles. The molecule has 0 bridgehead atoms. The highest BCUT2D eigenvalue weighted by molar-refractivity contribution is 6.43. The van der Waals surface area contributed by atoms with Gasteiger partial charge in [-0.3, -0.25) is 9.59 Å². The third kappa shape index (κ3) is 4.45. The molecule has 0 heterocycles. The molecule has 0 aliphatic rings. The summed E-state index contributed by atoms with van der Waals surface area (Å²) < 4.78 is 0. The van der Waals surface area contributed by atoms with E-state index >= 15 is 0 Å². The topological polar surface area (TPSA) is 115 Å². The van der Waals surface area contributed by atoms with Crippen molar-refractivity contribution in [1.82, 2.24) is 0 Å². The first-order valence-electron chi connectivity index (χ1n) is 6.39. The van der Waals surface area contributed by atoms with Crippen molar-refractivity contribution in [2.24, 2.45) is 0 Å². The predicted octanol–water partition coefficient (Wildman–Crippen LogP) is 1.43. The van der Waals surface area contributed by atoms with Gasteiger partial charge >= 0.3 is 0 Å². The van der Waals surface area contributed by atoms with Crippen LogP contribution in [-0.2, 0) is 9.59 Å². The number of carbonyl (C=O) groups is 2. The molecule has 4 N–H and O–H groups in total. The minimum Gasteiger partial charge on any atom is -0.352 e. The lowest BCUT2D eigenvalue weighted by Crippen LogP contribution is -2.53. The van der Waals surface area contributed by atoms with E-state index in [1.165, 1.54) is 13.8 Å². The fourth-order valence-electron chi connectivity index (χ4n) is 1.82. The van der Waals surface area contributed by atoms with Gasteiger partial charge in [-0.05, 0) is 12.8 Å². The second-order valence-corrected chi connectivity index (χ2v) is 7.17. The summed E-state index contributed by atoms with van der Waals surface area (Å²) in [6.07, 6.45) is -1.49. The van der Waals surface area contributed by atoms with Crippen molar-refractivity contribution in [1.29, 1.82) is 0 Å². The maximum atomic E-state index is 12.0. The minimum absolute atomic E-state index is 0.211. The molecule has 0 aromatic rings. The third-order valence-corrected chi connectivity index (χ3v) is 5.77. The summed E-state index contributed by atoms with van der Waals surface area (Å²) >= 11 is 22.2. The molecule has 2 atom stereocenters. The Labute approximate surface area is 147 Å². The van der Waals surface area contributed by atoms with Crippen molar-refractivity contribution in [2.75, 3.05) is 0 Å². The van der Waals surface area contributed by atoms with Gasteiger partial charge < -0.3 is 20.4 Å². The third-order valence-electron chi connectivity index (χ3n) is 3.45. The maximum Gasteiger partial charge on any atom is 0.270 e. The van der Waals surface area contributed by atoms with E-state index in [2.05, 4.69) is 0 Å². The van der Waals surface area contributed by atoms with E-state index in [-0.39, 0.29) is 12.8 Å². The molecule has 0 spiro atoms. The van der Waals surface area contributed by atoms with Crippen molar-refractivity contribution in [2.45, 2.75) is 59.8 Å². The Kier molecular flexibility index (Phi) is 7.60. The van der Waals surface area contributed by atoms with Crippen molar-refractivity contribution >= 4 is 58.0 Å². The second kappa shape index (κ2) is 7.49. The molecule has 130 valence electrons. The number of carbonyl (C=O) groups excluding carboxylic acids is 2. The second-order valence-electron chi connectivity index (χ2n) is 4.83. The highest BCUT2D eigenvalue weighted by Gasteiger charge is 2.54. The summed E-state index contributed by atoms with van der Waals surface area (Å²) in [5.41, 5.74) is 0. The maximum absolute atomic E-state index is 12.0. The number of Topliss-reactive ketones (excluding diaryl/α,β-unsaturated/α-hetero) is 2. The van der Waals surface area contributed by atoms with Crippen LogP contribution in [0.2, 0.25) is 0 Å². The van der Waals surface area contributed by atoms with Gasteiger partial charge in [0.2, 0.25) is 0 Å². The number of ketones is 2. The van der Waals surface area contributed by atoms with Crippen LogP contribution in [-0.4, -0.2) is 52.2 Å². The molecule has 0 saturated heterocycles. The van der Waals surface area contributed by atoms with Gasteiger partial charge in [-0.15, -0.1) is 23.2 Å². The first-order chi connectivity index (χ1) is 9.67. The van der Waals surface area contributed by atoms with E-state index in [4.69, 9.17) is 46.4 Å². The summed E-state index contributed by atoms with van der Waals surface area (Å²) in [6.45, 7) is 2.80. The monoisotopic (exact) mass is 398 g/mol. The normalized spacial score (nSPS) is 18.5. The molecule has 0 aromatic carbocycles. The van der Waals surface area contributed by atoms with Crippen LogP contribution in [0.3, 0.4) is 0 Å². The summed E-state index contributed by atoms with van der Waals surface area (Å²) in [7, 11) is 0. The van der Waals surface area contributed by atoms with Crippen LogP contribution in [0.4, 0.5) is 0 Å². The van der Waals surface area contributed by atoms with Gasteiger partial charge in [0.1, 0.15) is 0 Å². The lowest BCUT2D eigenvalue weighted by molar-refractivity contribution is -0.153. The fourth-order valence-corrected chi connectivity index (χ4v) is 2.49. The number of rotatable bonds is 9. The minimum atomic E-state index is -3.00. The number of halogens is 4. The zero-order valence-corrected chi connectivity index (χ0v) is 15.0. The van der Waals surface area contributed by atoms with Gasteiger partial charge in [0, 0.05) is 12.8 Å². The molecule has 0 amide bonds. The Balaban J connectivity index is 5.10. The van der Waals surface area contributed by atoms with E-state index in [1.807, 2.05) is 0 Å². The molecule has 0 aliphatic heterocycles. The van der Waals surface area contributed by atoms with E-state index in [9.17, 15) is 30.0 Å². The Hall–Kier alpha value is 0.340. The van der Waals surface area contributed by atoms with E-state index in [0.717, 1.165) is 0 Å². The van der Waals surface area contributed by atoms with E-state index in [0.29, 0.717) is 0 Å². The van der Waals surface area contributed by atoms with Gasteiger partial charge in [0.15, 0.2) is 21.3 Å². The van der Waals surface area contributed by atoms with Crippen LogP contribution in [0.1, 0.15) is 39.5 Å². The summed E-state index contributed by atoms with van der Waals surface area (Å²) in [5.74, 6) is -1.81. The van der Waals surface area contributed by atoms with Crippen LogP contribution in [0.25, 0.3) is 0 Å². The molecular weight excluding hydrogens is 382 g/mol. The van der Waals surface area contributed by atoms with Crippen molar-refractivity contribution in [3.05, 3.63) is 0 Å². The SMILES string of the molecule is CCC(Cl)(C(=O)CCC(=O)C(Cl)(CC)C(O)(O)Cl)C(O)(O)Cl. The average Bonchev–Trinajstić information content (AvgIpc) is 2.39. The zero-order chi connectivity index (χ0) is 18.0. The van der Waals surface area contributed by atoms with Crippen LogP contribution in [0, 0.1) is 0 Å². The summed E-state index contributed by atoms with van der Waals surface area (Å²) in [6, 6.07) is 0. The van der Waals surface area contributed by atoms with Gasteiger partial charge in [-0.2, -0.15) is 0 Å². The lowest BCUT2D eigenvalue weighted by Gasteiger charge is -2.33. The molecule has 6 nitrogen and oxygen atoms in total. The number of aliphatic hydroxyl groups is 4.